The van der Waals surface area contributed by atoms with Crippen LogP contribution in [0.25, 0.3) is 0 Å². The maximum atomic E-state index is 12.7. The van der Waals surface area contributed by atoms with Gasteiger partial charge in [-0.25, -0.2) is 8.42 Å². The Morgan fingerprint density at radius 1 is 1.19 bits per heavy atom. The van der Waals surface area contributed by atoms with E-state index in [0.29, 0.717) is 31.1 Å². The summed E-state index contributed by atoms with van der Waals surface area (Å²) in [4.78, 5) is 12.2. The van der Waals surface area contributed by atoms with Crippen molar-refractivity contribution in [1.29, 1.82) is 0 Å². The largest absolute Gasteiger partial charge is 0.497 e. The number of furan rings is 1. The number of nitrogens with one attached hydrogen (secondary N) is 2. The van der Waals surface area contributed by atoms with Crippen LogP contribution < -0.4 is 14.8 Å². The summed E-state index contributed by atoms with van der Waals surface area (Å²) in [7, 11) is -0.765. The average molecular weight is 396 g/mol. The van der Waals surface area contributed by atoms with Crippen LogP contribution >= 0.6 is 0 Å². The number of sulfonamides is 1. The Kier molecular flexibility index (Phi) is 7.83. The van der Waals surface area contributed by atoms with E-state index in [1.165, 1.54) is 25.5 Å². The highest BCUT2D eigenvalue weighted by Gasteiger charge is 2.25. The predicted molar refractivity (Wildman–Crippen MR) is 98.9 cm³/mol. The van der Waals surface area contributed by atoms with E-state index in [9.17, 15) is 13.2 Å². The van der Waals surface area contributed by atoms with Gasteiger partial charge in [0.1, 0.15) is 11.5 Å². The van der Waals surface area contributed by atoms with E-state index in [1.807, 2.05) is 0 Å². The molecule has 0 radical (unpaired) electrons. The number of carbonyl (C=O) groups excluding carboxylic acids is 1. The van der Waals surface area contributed by atoms with Crippen molar-refractivity contribution in [3.05, 3.63) is 48.4 Å². The molecule has 0 spiro atoms. The number of amides is 1. The van der Waals surface area contributed by atoms with Gasteiger partial charge in [0.2, 0.25) is 15.9 Å². The van der Waals surface area contributed by atoms with Crippen LogP contribution in [0, 0.1) is 0 Å². The fraction of sp³-hybridized carbons (Fsp3) is 0.389. The second-order valence-electron chi connectivity index (χ2n) is 5.77. The fourth-order valence-electron chi connectivity index (χ4n) is 2.40. The minimum absolute atomic E-state index is 0.0698. The van der Waals surface area contributed by atoms with Gasteiger partial charge in [0.15, 0.2) is 0 Å². The second kappa shape index (κ2) is 10.1. The normalized spacial score (nSPS) is 12.5. The third kappa shape index (κ3) is 6.38. The third-order valence-electron chi connectivity index (χ3n) is 3.79. The molecule has 27 heavy (non-hydrogen) atoms. The Bertz CT molecular complexity index is 803. The molecule has 2 aromatic rings. The molecule has 1 aromatic heterocycles. The molecule has 0 aliphatic heterocycles. The lowest BCUT2D eigenvalue weighted by atomic mass is 10.1. The Balaban J connectivity index is 2.08. The van der Waals surface area contributed by atoms with Gasteiger partial charge in [-0.05, 0) is 42.8 Å². The highest BCUT2D eigenvalue weighted by atomic mass is 32.2. The van der Waals surface area contributed by atoms with Gasteiger partial charge in [-0.3, -0.25) is 4.79 Å². The fourth-order valence-corrected chi connectivity index (χ4v) is 3.61. The van der Waals surface area contributed by atoms with Gasteiger partial charge >= 0.3 is 0 Å². The van der Waals surface area contributed by atoms with Crippen molar-refractivity contribution < 1.29 is 27.1 Å². The van der Waals surface area contributed by atoms with Crippen molar-refractivity contribution in [3.8, 4) is 5.75 Å². The molecule has 0 fully saturated rings. The van der Waals surface area contributed by atoms with Crippen LogP contribution in [-0.2, 0) is 19.6 Å². The number of carbonyl (C=O) groups is 1. The van der Waals surface area contributed by atoms with Gasteiger partial charge in [0.05, 0.1) is 30.7 Å². The first-order chi connectivity index (χ1) is 13.0. The predicted octanol–water partition coefficient (Wildman–Crippen LogP) is 1.85. The molecule has 1 heterocycles. The summed E-state index contributed by atoms with van der Waals surface area (Å²) in [6.45, 7) is 0.981. The Morgan fingerprint density at radius 2 is 1.93 bits per heavy atom. The summed E-state index contributed by atoms with van der Waals surface area (Å²) in [5, 5.41) is 2.74. The maximum absolute atomic E-state index is 12.7. The van der Waals surface area contributed by atoms with Crippen LogP contribution in [0.15, 0.2) is 52.0 Å². The van der Waals surface area contributed by atoms with Crippen LogP contribution in [0.3, 0.4) is 0 Å². The average Bonchev–Trinajstić information content (AvgIpc) is 3.19. The highest BCUT2D eigenvalue weighted by molar-refractivity contribution is 7.89. The van der Waals surface area contributed by atoms with E-state index in [4.69, 9.17) is 13.9 Å². The lowest BCUT2D eigenvalue weighted by Gasteiger charge is -2.17. The van der Waals surface area contributed by atoms with Crippen LogP contribution in [0.5, 0.6) is 5.75 Å². The van der Waals surface area contributed by atoms with Crippen molar-refractivity contribution in [1.82, 2.24) is 10.0 Å². The standard InChI is InChI=1S/C18H24N2O6S/c1-24-11-4-10-19-18(21)13-16(17-5-3-12-26-17)20-27(22,23)15-8-6-14(25-2)7-9-15/h3,5-9,12,16,20H,4,10-11,13H2,1-2H3,(H,19,21). The third-order valence-corrected chi connectivity index (χ3v) is 5.28. The van der Waals surface area contributed by atoms with Gasteiger partial charge in [-0.15, -0.1) is 0 Å². The van der Waals surface area contributed by atoms with E-state index in [2.05, 4.69) is 10.0 Å². The quantitative estimate of drug-likeness (QED) is 0.562. The summed E-state index contributed by atoms with van der Waals surface area (Å²) >= 11 is 0. The highest BCUT2D eigenvalue weighted by Crippen LogP contribution is 2.22. The van der Waals surface area contributed by atoms with Gasteiger partial charge in [-0.1, -0.05) is 0 Å². The van der Waals surface area contributed by atoms with Crippen LogP contribution in [0.2, 0.25) is 0 Å². The summed E-state index contributed by atoms with van der Waals surface area (Å²) in [6.07, 6.45) is 2.02. The summed E-state index contributed by atoms with van der Waals surface area (Å²) < 4.78 is 43.2. The number of methoxy groups -OCH3 is 2. The molecule has 2 rings (SSSR count). The molecule has 8 nitrogen and oxygen atoms in total. The summed E-state index contributed by atoms with van der Waals surface area (Å²) in [5.74, 6) is 0.621. The zero-order chi connectivity index (χ0) is 19.7. The molecule has 1 amide bonds. The molecule has 148 valence electrons. The van der Waals surface area contributed by atoms with Crippen molar-refractivity contribution >= 4 is 15.9 Å². The molecule has 1 atom stereocenters. The molecule has 0 saturated carbocycles. The second-order valence-corrected chi connectivity index (χ2v) is 7.48. The Labute approximate surface area is 158 Å². The van der Waals surface area contributed by atoms with Crippen LogP contribution in [0.1, 0.15) is 24.6 Å². The molecule has 1 aromatic carbocycles. The summed E-state index contributed by atoms with van der Waals surface area (Å²) in [6, 6.07) is 8.42. The molecule has 0 bridgehead atoms. The van der Waals surface area contributed by atoms with Gasteiger partial charge < -0.3 is 19.2 Å². The topological polar surface area (TPSA) is 107 Å². The lowest BCUT2D eigenvalue weighted by Crippen LogP contribution is -2.34. The smallest absolute Gasteiger partial charge is 0.241 e. The van der Waals surface area contributed by atoms with Crippen molar-refractivity contribution in [2.45, 2.75) is 23.8 Å². The van der Waals surface area contributed by atoms with Gasteiger partial charge in [-0.2, -0.15) is 4.72 Å². The van der Waals surface area contributed by atoms with E-state index in [0.717, 1.165) is 0 Å². The zero-order valence-electron chi connectivity index (χ0n) is 15.3. The number of hydrogen-bond donors (Lipinski definition) is 2. The lowest BCUT2D eigenvalue weighted by molar-refractivity contribution is -0.121. The number of ether oxygens (including phenoxy) is 2. The zero-order valence-corrected chi connectivity index (χ0v) is 16.1. The van der Waals surface area contributed by atoms with Crippen LogP contribution in [0.4, 0.5) is 0 Å². The van der Waals surface area contributed by atoms with Crippen molar-refractivity contribution in [3.63, 3.8) is 0 Å². The molecular weight excluding hydrogens is 372 g/mol. The first-order valence-corrected chi connectivity index (χ1v) is 9.90. The molecule has 0 aliphatic rings. The molecule has 0 aliphatic carbocycles. The Hall–Kier alpha value is -2.36. The number of hydrogen-bond acceptors (Lipinski definition) is 6. The van der Waals surface area contributed by atoms with E-state index in [-0.39, 0.29) is 17.2 Å². The monoisotopic (exact) mass is 396 g/mol. The van der Waals surface area contributed by atoms with Crippen molar-refractivity contribution in [2.24, 2.45) is 0 Å². The number of rotatable bonds is 11. The Morgan fingerprint density at radius 3 is 2.52 bits per heavy atom. The number of benzene rings is 1. The molecule has 2 N–H and O–H groups in total. The van der Waals surface area contributed by atoms with E-state index >= 15 is 0 Å². The maximum Gasteiger partial charge on any atom is 0.241 e. The first kappa shape index (κ1) is 20.9. The molecule has 9 heteroatoms. The molecular formula is C18H24N2O6S. The SMILES string of the molecule is COCCCNC(=O)CC(NS(=O)(=O)c1ccc(OC)cc1)c1ccco1. The minimum atomic E-state index is -3.85. The minimum Gasteiger partial charge on any atom is -0.497 e. The van der Waals surface area contributed by atoms with Gasteiger partial charge in [0, 0.05) is 20.3 Å². The van der Waals surface area contributed by atoms with Gasteiger partial charge in [0.25, 0.3) is 0 Å². The van der Waals surface area contributed by atoms with Crippen LogP contribution in [-0.4, -0.2) is 41.7 Å². The molecule has 0 saturated heterocycles. The van der Waals surface area contributed by atoms with E-state index < -0.39 is 16.1 Å². The first-order valence-electron chi connectivity index (χ1n) is 8.41. The van der Waals surface area contributed by atoms with E-state index in [1.54, 1.807) is 31.4 Å². The summed E-state index contributed by atoms with van der Waals surface area (Å²) in [5.41, 5.74) is 0. The molecule has 1 unspecified atom stereocenters. The van der Waals surface area contributed by atoms with Crippen molar-refractivity contribution in [2.75, 3.05) is 27.4 Å².